The second kappa shape index (κ2) is 5.47. The first-order valence-electron chi connectivity index (χ1n) is 5.70. The summed E-state index contributed by atoms with van der Waals surface area (Å²) >= 11 is 0. The normalized spacial score (nSPS) is 28.3. The monoisotopic (exact) mass is 213 g/mol. The van der Waals surface area contributed by atoms with Gasteiger partial charge in [0.25, 0.3) is 0 Å². The summed E-state index contributed by atoms with van der Waals surface area (Å²) in [7, 11) is 4.07. The van der Waals surface area contributed by atoms with Crippen LogP contribution in [0.1, 0.15) is 20.3 Å². The zero-order valence-electron chi connectivity index (χ0n) is 10.3. The van der Waals surface area contributed by atoms with E-state index in [9.17, 15) is 4.79 Å². The highest BCUT2D eigenvalue weighted by atomic mass is 16.2. The van der Waals surface area contributed by atoms with Crippen molar-refractivity contribution in [1.82, 2.24) is 15.1 Å². The van der Waals surface area contributed by atoms with Crippen molar-refractivity contribution in [2.75, 3.05) is 33.7 Å². The molecular formula is C11H23N3O. The van der Waals surface area contributed by atoms with E-state index >= 15 is 0 Å². The first-order chi connectivity index (χ1) is 7.00. The van der Waals surface area contributed by atoms with Gasteiger partial charge in [-0.3, -0.25) is 4.79 Å². The fourth-order valence-electron chi connectivity index (χ4n) is 1.86. The summed E-state index contributed by atoms with van der Waals surface area (Å²) < 4.78 is 0. The van der Waals surface area contributed by atoms with E-state index in [4.69, 9.17) is 0 Å². The fraction of sp³-hybridized carbons (Fsp3) is 0.909. The van der Waals surface area contributed by atoms with Crippen molar-refractivity contribution in [3.63, 3.8) is 0 Å². The Morgan fingerprint density at radius 1 is 1.47 bits per heavy atom. The highest BCUT2D eigenvalue weighted by Crippen LogP contribution is 2.06. The van der Waals surface area contributed by atoms with E-state index in [0.29, 0.717) is 6.04 Å². The molecule has 2 atom stereocenters. The summed E-state index contributed by atoms with van der Waals surface area (Å²) in [6.45, 7) is 6.74. The van der Waals surface area contributed by atoms with Crippen molar-refractivity contribution >= 4 is 5.91 Å². The van der Waals surface area contributed by atoms with Crippen LogP contribution in [0.4, 0.5) is 0 Å². The van der Waals surface area contributed by atoms with Crippen LogP contribution in [0.3, 0.4) is 0 Å². The maximum atomic E-state index is 11.9. The molecule has 88 valence electrons. The number of carbonyl (C=O) groups is 1. The lowest BCUT2D eigenvalue weighted by molar-refractivity contribution is -0.132. The first-order valence-corrected chi connectivity index (χ1v) is 5.70. The Morgan fingerprint density at radius 3 is 2.73 bits per heavy atom. The largest absolute Gasteiger partial charge is 0.340 e. The zero-order chi connectivity index (χ0) is 11.4. The Kier molecular flexibility index (Phi) is 4.54. The van der Waals surface area contributed by atoms with E-state index in [1.165, 1.54) is 0 Å². The third-order valence-corrected chi connectivity index (χ3v) is 2.87. The topological polar surface area (TPSA) is 35.6 Å². The van der Waals surface area contributed by atoms with E-state index in [0.717, 1.165) is 26.1 Å². The van der Waals surface area contributed by atoms with E-state index < -0.39 is 0 Å². The number of hydrogen-bond acceptors (Lipinski definition) is 3. The molecule has 1 fully saturated rings. The lowest BCUT2D eigenvalue weighted by atomic mass is 10.2. The van der Waals surface area contributed by atoms with Crippen LogP contribution in [0.5, 0.6) is 0 Å². The van der Waals surface area contributed by atoms with Crippen LogP contribution in [0, 0.1) is 0 Å². The maximum Gasteiger partial charge on any atom is 0.239 e. The second-order valence-electron chi connectivity index (χ2n) is 4.71. The van der Waals surface area contributed by atoms with E-state index in [2.05, 4.69) is 17.1 Å². The molecule has 15 heavy (non-hydrogen) atoms. The van der Waals surface area contributed by atoms with Gasteiger partial charge in [-0.1, -0.05) is 0 Å². The molecule has 2 unspecified atom stereocenters. The summed E-state index contributed by atoms with van der Waals surface area (Å²) in [4.78, 5) is 16.0. The molecule has 1 N–H and O–H groups in total. The molecule has 0 aromatic rings. The van der Waals surface area contributed by atoms with E-state index in [1.54, 1.807) is 0 Å². The van der Waals surface area contributed by atoms with Gasteiger partial charge in [-0.05, 0) is 34.4 Å². The Balaban J connectivity index is 2.51. The molecule has 1 heterocycles. The van der Waals surface area contributed by atoms with Gasteiger partial charge in [0.15, 0.2) is 0 Å². The summed E-state index contributed by atoms with van der Waals surface area (Å²) in [5.41, 5.74) is 0. The van der Waals surface area contributed by atoms with Gasteiger partial charge in [0.1, 0.15) is 0 Å². The SMILES string of the molecule is CC1CCN(CCN(C)C)C(=O)C(C)N1. The summed E-state index contributed by atoms with van der Waals surface area (Å²) in [6, 6.07) is 0.401. The minimum atomic E-state index is -0.0373. The molecule has 1 amide bonds. The van der Waals surface area contributed by atoms with Gasteiger partial charge in [-0.25, -0.2) is 0 Å². The van der Waals surface area contributed by atoms with Crippen LogP contribution in [0.25, 0.3) is 0 Å². The molecule has 1 saturated heterocycles. The predicted molar refractivity (Wildman–Crippen MR) is 61.8 cm³/mol. The Morgan fingerprint density at radius 2 is 2.13 bits per heavy atom. The van der Waals surface area contributed by atoms with Crippen LogP contribution >= 0.6 is 0 Å². The summed E-state index contributed by atoms with van der Waals surface area (Å²) in [6.07, 6.45) is 1.05. The molecule has 4 nitrogen and oxygen atoms in total. The smallest absolute Gasteiger partial charge is 0.239 e. The van der Waals surface area contributed by atoms with Crippen LogP contribution < -0.4 is 5.32 Å². The predicted octanol–water partition coefficient (Wildman–Crippen LogP) is 0.147. The number of nitrogens with one attached hydrogen (secondary N) is 1. The van der Waals surface area contributed by atoms with Gasteiger partial charge < -0.3 is 15.1 Å². The first kappa shape index (κ1) is 12.5. The Hall–Kier alpha value is -0.610. The van der Waals surface area contributed by atoms with Gasteiger partial charge in [-0.15, -0.1) is 0 Å². The zero-order valence-corrected chi connectivity index (χ0v) is 10.3. The molecule has 0 radical (unpaired) electrons. The van der Waals surface area contributed by atoms with E-state index in [-0.39, 0.29) is 11.9 Å². The van der Waals surface area contributed by atoms with Gasteiger partial charge in [-0.2, -0.15) is 0 Å². The van der Waals surface area contributed by atoms with Gasteiger partial charge in [0.2, 0.25) is 5.91 Å². The number of hydrogen-bond donors (Lipinski definition) is 1. The highest BCUT2D eigenvalue weighted by Gasteiger charge is 2.25. The van der Waals surface area contributed by atoms with Crippen molar-refractivity contribution in [2.45, 2.75) is 32.4 Å². The number of rotatable bonds is 3. The van der Waals surface area contributed by atoms with Crippen molar-refractivity contribution < 1.29 is 4.79 Å². The Labute approximate surface area is 92.6 Å². The molecule has 1 aliphatic heterocycles. The maximum absolute atomic E-state index is 11.9. The van der Waals surface area contributed by atoms with E-state index in [1.807, 2.05) is 25.9 Å². The lowest BCUT2D eigenvalue weighted by Crippen LogP contribution is -2.44. The highest BCUT2D eigenvalue weighted by molar-refractivity contribution is 5.81. The fourth-order valence-corrected chi connectivity index (χ4v) is 1.86. The molecule has 0 aromatic heterocycles. The molecule has 1 aliphatic rings. The van der Waals surface area contributed by atoms with Crippen molar-refractivity contribution in [3.05, 3.63) is 0 Å². The van der Waals surface area contributed by atoms with Crippen molar-refractivity contribution in [1.29, 1.82) is 0 Å². The van der Waals surface area contributed by atoms with Gasteiger partial charge in [0, 0.05) is 25.7 Å². The standard InChI is InChI=1S/C11H23N3O/c1-9-5-6-14(8-7-13(3)4)11(15)10(2)12-9/h9-10,12H,5-8H2,1-4H3. The second-order valence-corrected chi connectivity index (χ2v) is 4.71. The molecular weight excluding hydrogens is 190 g/mol. The Bertz CT molecular complexity index is 218. The molecule has 0 aromatic carbocycles. The average molecular weight is 213 g/mol. The van der Waals surface area contributed by atoms with Gasteiger partial charge >= 0.3 is 0 Å². The number of nitrogens with zero attached hydrogens (tertiary/aromatic N) is 2. The number of amides is 1. The quantitative estimate of drug-likeness (QED) is 0.725. The summed E-state index contributed by atoms with van der Waals surface area (Å²) in [5, 5.41) is 3.30. The molecule has 1 rings (SSSR count). The van der Waals surface area contributed by atoms with Crippen LogP contribution in [0.2, 0.25) is 0 Å². The molecule has 0 aliphatic carbocycles. The van der Waals surface area contributed by atoms with Crippen LogP contribution in [-0.2, 0) is 4.79 Å². The third kappa shape index (κ3) is 3.80. The molecule has 0 spiro atoms. The average Bonchev–Trinajstić information content (AvgIpc) is 2.26. The van der Waals surface area contributed by atoms with Crippen molar-refractivity contribution in [3.8, 4) is 0 Å². The summed E-state index contributed by atoms with van der Waals surface area (Å²) in [5.74, 6) is 0.237. The van der Waals surface area contributed by atoms with Gasteiger partial charge in [0.05, 0.1) is 6.04 Å². The van der Waals surface area contributed by atoms with Crippen molar-refractivity contribution in [2.24, 2.45) is 0 Å². The minimum absolute atomic E-state index is 0.0373. The minimum Gasteiger partial charge on any atom is -0.340 e. The molecule has 0 saturated carbocycles. The number of carbonyl (C=O) groups excluding carboxylic acids is 1. The molecule has 4 heteroatoms. The van der Waals surface area contributed by atoms with Crippen LogP contribution in [-0.4, -0.2) is 61.5 Å². The lowest BCUT2D eigenvalue weighted by Gasteiger charge is -2.24. The van der Waals surface area contributed by atoms with Crippen LogP contribution in [0.15, 0.2) is 0 Å². The third-order valence-electron chi connectivity index (χ3n) is 2.87. The number of likely N-dealkylation sites (N-methyl/N-ethyl adjacent to an activating group) is 1. The molecule has 0 bridgehead atoms.